The molecule has 6 nitrogen and oxygen atoms in total. The number of halogens is 1. The summed E-state index contributed by atoms with van der Waals surface area (Å²) < 4.78 is 19.5. The van der Waals surface area contributed by atoms with Crippen LogP contribution in [0.25, 0.3) is 0 Å². The van der Waals surface area contributed by atoms with Crippen LogP contribution in [0.3, 0.4) is 0 Å². The molecule has 1 fully saturated rings. The highest BCUT2D eigenvalue weighted by molar-refractivity contribution is 5.95. The van der Waals surface area contributed by atoms with E-state index in [1.165, 1.54) is 18.6 Å². The molecule has 27 heavy (non-hydrogen) atoms. The first-order valence-corrected chi connectivity index (χ1v) is 9.52. The Morgan fingerprint density at radius 2 is 2.04 bits per heavy atom. The Morgan fingerprint density at radius 3 is 2.70 bits per heavy atom. The quantitative estimate of drug-likeness (QED) is 0.542. The van der Waals surface area contributed by atoms with Crippen LogP contribution in [0.5, 0.6) is 0 Å². The van der Waals surface area contributed by atoms with Crippen LogP contribution in [0.15, 0.2) is 29.5 Å². The topological polar surface area (TPSA) is 93.4 Å². The molecule has 3 rings (SSSR count). The number of anilines is 1. The molecule has 1 unspecified atom stereocenters. The molecule has 1 saturated carbocycles. The molecule has 1 aromatic rings. The molecule has 146 valence electrons. The van der Waals surface area contributed by atoms with Crippen molar-refractivity contribution >= 4 is 17.7 Å². The van der Waals surface area contributed by atoms with Crippen molar-refractivity contribution in [1.82, 2.24) is 10.6 Å². The van der Waals surface area contributed by atoms with Crippen molar-refractivity contribution in [3.8, 4) is 0 Å². The lowest BCUT2D eigenvalue weighted by molar-refractivity contribution is -0.141. The molecule has 1 aliphatic carbocycles. The third-order valence-electron chi connectivity index (χ3n) is 5.26. The van der Waals surface area contributed by atoms with Crippen LogP contribution in [-0.4, -0.2) is 18.6 Å². The number of nitrogens with one attached hydrogen (secondary N) is 2. The van der Waals surface area contributed by atoms with Crippen molar-refractivity contribution in [2.45, 2.75) is 51.5 Å². The van der Waals surface area contributed by atoms with Crippen LogP contribution in [0, 0.1) is 11.7 Å². The van der Waals surface area contributed by atoms with Gasteiger partial charge < -0.3 is 21.1 Å². The summed E-state index contributed by atoms with van der Waals surface area (Å²) in [6.45, 7) is 2.21. The Kier molecular flexibility index (Phi) is 5.98. The van der Waals surface area contributed by atoms with Gasteiger partial charge in [0.05, 0.1) is 23.9 Å². The predicted molar refractivity (Wildman–Crippen MR) is 100 cm³/mol. The highest BCUT2D eigenvalue weighted by Gasteiger charge is 2.33. The third-order valence-corrected chi connectivity index (χ3v) is 5.26. The Hall–Kier alpha value is -2.57. The molecule has 0 saturated heterocycles. The summed E-state index contributed by atoms with van der Waals surface area (Å²) in [5.41, 5.74) is 6.82. The second-order valence-corrected chi connectivity index (χ2v) is 7.16. The maximum absolute atomic E-state index is 13.9. The van der Waals surface area contributed by atoms with Gasteiger partial charge in [0.15, 0.2) is 0 Å². The van der Waals surface area contributed by atoms with E-state index in [-0.39, 0.29) is 5.69 Å². The lowest BCUT2D eigenvalue weighted by Gasteiger charge is -2.30. The molecule has 7 heteroatoms. The zero-order chi connectivity index (χ0) is 19.4. The first-order valence-electron chi connectivity index (χ1n) is 9.52. The standard InChI is InChI=1S/C20H26FN3O3/c1-2-16-17(19(25)27-11-12-6-4-3-5-7-12)18(24-20(26)23-16)13-8-9-15(22)14(21)10-13/h8-10,12,18H,2-7,11,22H2,1H3,(H2,23,24,26). The van der Waals surface area contributed by atoms with Crippen molar-refractivity contribution in [3.63, 3.8) is 0 Å². The number of rotatable bonds is 5. The van der Waals surface area contributed by atoms with Crippen LogP contribution in [0.1, 0.15) is 57.1 Å². The van der Waals surface area contributed by atoms with Gasteiger partial charge in [0.2, 0.25) is 0 Å². The fourth-order valence-corrected chi connectivity index (χ4v) is 3.74. The fraction of sp³-hybridized carbons (Fsp3) is 0.500. The van der Waals surface area contributed by atoms with Gasteiger partial charge in [-0.05, 0) is 42.9 Å². The van der Waals surface area contributed by atoms with E-state index < -0.39 is 23.9 Å². The highest BCUT2D eigenvalue weighted by atomic mass is 19.1. The summed E-state index contributed by atoms with van der Waals surface area (Å²) >= 11 is 0. The number of hydrogen-bond acceptors (Lipinski definition) is 4. The monoisotopic (exact) mass is 375 g/mol. The van der Waals surface area contributed by atoms with E-state index in [4.69, 9.17) is 10.5 Å². The number of carbonyl (C=O) groups is 2. The van der Waals surface area contributed by atoms with Crippen LogP contribution >= 0.6 is 0 Å². The Labute approximate surface area is 158 Å². The molecular weight excluding hydrogens is 349 g/mol. The molecule has 4 N–H and O–H groups in total. The first-order chi connectivity index (χ1) is 13.0. The summed E-state index contributed by atoms with van der Waals surface area (Å²) in [5, 5.41) is 5.37. The van der Waals surface area contributed by atoms with Crippen molar-refractivity contribution in [2.75, 3.05) is 12.3 Å². The van der Waals surface area contributed by atoms with E-state index in [2.05, 4.69) is 10.6 Å². The predicted octanol–water partition coefficient (Wildman–Crippen LogP) is 3.55. The summed E-state index contributed by atoms with van der Waals surface area (Å²) in [6, 6.07) is 3.07. The van der Waals surface area contributed by atoms with Gasteiger partial charge in [0, 0.05) is 5.70 Å². The summed E-state index contributed by atoms with van der Waals surface area (Å²) in [6.07, 6.45) is 6.14. The number of nitrogens with two attached hydrogens (primary N) is 1. The van der Waals surface area contributed by atoms with Gasteiger partial charge in [0.1, 0.15) is 5.82 Å². The molecule has 0 spiro atoms. The van der Waals surface area contributed by atoms with Crippen LogP contribution in [0.2, 0.25) is 0 Å². The molecule has 1 aromatic carbocycles. The van der Waals surface area contributed by atoms with Gasteiger partial charge >= 0.3 is 12.0 Å². The summed E-state index contributed by atoms with van der Waals surface area (Å²) in [5.74, 6) is -0.688. The minimum atomic E-state index is -0.775. The maximum Gasteiger partial charge on any atom is 0.338 e. The number of ether oxygens (including phenoxy) is 1. The maximum atomic E-state index is 13.9. The van der Waals surface area contributed by atoms with E-state index in [1.807, 2.05) is 6.92 Å². The average molecular weight is 375 g/mol. The van der Waals surface area contributed by atoms with E-state index in [0.29, 0.717) is 35.8 Å². The number of esters is 1. The number of nitrogen functional groups attached to an aromatic ring is 1. The van der Waals surface area contributed by atoms with Crippen molar-refractivity contribution in [1.29, 1.82) is 0 Å². The normalized spacial score (nSPS) is 20.8. The fourth-order valence-electron chi connectivity index (χ4n) is 3.74. The molecule has 1 aliphatic heterocycles. The lowest BCUT2D eigenvalue weighted by atomic mass is 9.90. The average Bonchev–Trinajstić information content (AvgIpc) is 2.68. The van der Waals surface area contributed by atoms with Gasteiger partial charge in [-0.2, -0.15) is 0 Å². The van der Waals surface area contributed by atoms with Crippen LogP contribution in [-0.2, 0) is 9.53 Å². The molecular formula is C20H26FN3O3. The van der Waals surface area contributed by atoms with Gasteiger partial charge in [-0.25, -0.2) is 14.0 Å². The molecule has 0 radical (unpaired) electrons. The van der Waals surface area contributed by atoms with Crippen molar-refractivity contribution in [2.24, 2.45) is 5.92 Å². The minimum Gasteiger partial charge on any atom is -0.462 e. The number of urea groups is 1. The van der Waals surface area contributed by atoms with Gasteiger partial charge in [-0.15, -0.1) is 0 Å². The number of carbonyl (C=O) groups excluding carboxylic acids is 2. The Balaban J connectivity index is 1.84. The molecule has 1 atom stereocenters. The van der Waals surface area contributed by atoms with Crippen molar-refractivity contribution in [3.05, 3.63) is 40.8 Å². The van der Waals surface area contributed by atoms with Gasteiger partial charge in [-0.1, -0.05) is 32.3 Å². The van der Waals surface area contributed by atoms with Crippen LogP contribution < -0.4 is 16.4 Å². The number of benzene rings is 1. The van der Waals surface area contributed by atoms with Crippen LogP contribution in [0.4, 0.5) is 14.9 Å². The lowest BCUT2D eigenvalue weighted by Crippen LogP contribution is -2.46. The second-order valence-electron chi connectivity index (χ2n) is 7.16. The van der Waals surface area contributed by atoms with E-state index in [9.17, 15) is 14.0 Å². The largest absolute Gasteiger partial charge is 0.462 e. The zero-order valence-corrected chi connectivity index (χ0v) is 15.5. The van der Waals surface area contributed by atoms with E-state index >= 15 is 0 Å². The molecule has 2 amide bonds. The summed E-state index contributed by atoms with van der Waals surface area (Å²) in [7, 11) is 0. The molecule has 2 aliphatic rings. The minimum absolute atomic E-state index is 0.0140. The molecule has 0 bridgehead atoms. The number of allylic oxidation sites excluding steroid dienone is 1. The smallest absolute Gasteiger partial charge is 0.338 e. The zero-order valence-electron chi connectivity index (χ0n) is 15.5. The molecule has 0 aromatic heterocycles. The first kappa shape index (κ1) is 19.2. The van der Waals surface area contributed by atoms with Gasteiger partial charge in [0.25, 0.3) is 0 Å². The number of amides is 2. The van der Waals surface area contributed by atoms with Crippen molar-refractivity contribution < 1.29 is 18.7 Å². The Morgan fingerprint density at radius 1 is 1.30 bits per heavy atom. The summed E-state index contributed by atoms with van der Waals surface area (Å²) in [4.78, 5) is 24.9. The van der Waals surface area contributed by atoms with E-state index in [1.54, 1.807) is 6.07 Å². The molecule has 1 heterocycles. The number of hydrogen-bond donors (Lipinski definition) is 3. The van der Waals surface area contributed by atoms with E-state index in [0.717, 1.165) is 25.7 Å². The van der Waals surface area contributed by atoms with Gasteiger partial charge in [-0.3, -0.25) is 0 Å². The SMILES string of the molecule is CCC1=C(C(=O)OCC2CCCCC2)C(c2ccc(N)c(F)c2)NC(=O)N1. The highest BCUT2D eigenvalue weighted by Crippen LogP contribution is 2.31. The third kappa shape index (κ3) is 4.40. The second kappa shape index (κ2) is 8.41. The Bertz CT molecular complexity index is 757.